The molecule has 4 rings (SSSR count). The number of rotatable bonds is 2. The summed E-state index contributed by atoms with van der Waals surface area (Å²) >= 11 is 6.10. The number of halogens is 1. The molecule has 3 heterocycles. The lowest BCUT2D eigenvalue weighted by Gasteiger charge is -2.28. The molecular formula is C14H14ClN7. The SMILES string of the molecule is Clc1[nH]nc2ccc(-c3nncc(N4CCNCC4)n3)cc12. The summed E-state index contributed by atoms with van der Waals surface area (Å²) in [4.78, 5) is 6.84. The largest absolute Gasteiger partial charge is 0.353 e. The van der Waals surface area contributed by atoms with Gasteiger partial charge in [-0.2, -0.15) is 10.2 Å². The van der Waals surface area contributed by atoms with Crippen LogP contribution in [0.15, 0.2) is 24.4 Å². The van der Waals surface area contributed by atoms with Gasteiger partial charge in [0, 0.05) is 37.1 Å². The molecule has 0 aliphatic carbocycles. The molecule has 1 aromatic carbocycles. The smallest absolute Gasteiger partial charge is 0.183 e. The number of hydrogen-bond donors (Lipinski definition) is 2. The van der Waals surface area contributed by atoms with Gasteiger partial charge in [0.1, 0.15) is 5.15 Å². The Labute approximate surface area is 131 Å². The highest BCUT2D eigenvalue weighted by atomic mass is 35.5. The summed E-state index contributed by atoms with van der Waals surface area (Å²) in [5.74, 6) is 1.44. The highest BCUT2D eigenvalue weighted by Gasteiger charge is 2.14. The first-order valence-electron chi connectivity index (χ1n) is 7.11. The average Bonchev–Trinajstić information content (AvgIpc) is 2.96. The number of nitrogens with zero attached hydrogens (tertiary/aromatic N) is 5. The van der Waals surface area contributed by atoms with Gasteiger partial charge in [-0.25, -0.2) is 4.98 Å². The van der Waals surface area contributed by atoms with Crippen molar-refractivity contribution in [1.29, 1.82) is 0 Å². The molecule has 3 aromatic rings. The number of benzene rings is 1. The first-order chi connectivity index (χ1) is 10.8. The van der Waals surface area contributed by atoms with E-state index in [1.54, 1.807) is 6.20 Å². The summed E-state index contributed by atoms with van der Waals surface area (Å²) in [6, 6.07) is 5.76. The van der Waals surface area contributed by atoms with E-state index < -0.39 is 0 Å². The van der Waals surface area contributed by atoms with E-state index in [9.17, 15) is 0 Å². The van der Waals surface area contributed by atoms with Crippen LogP contribution in [-0.4, -0.2) is 51.6 Å². The Morgan fingerprint density at radius 1 is 1.18 bits per heavy atom. The molecule has 0 radical (unpaired) electrons. The fraction of sp³-hybridized carbons (Fsp3) is 0.286. The van der Waals surface area contributed by atoms with Crippen molar-refractivity contribution in [3.63, 3.8) is 0 Å². The van der Waals surface area contributed by atoms with Gasteiger partial charge in [0.05, 0.1) is 11.7 Å². The average molecular weight is 316 g/mol. The Balaban J connectivity index is 1.72. The number of aromatic nitrogens is 5. The standard InChI is InChI=1S/C14H14ClN7/c15-13-10-7-9(1-2-11(10)19-20-13)14-18-12(8-17-21-14)22-5-3-16-4-6-22/h1-2,7-8,16H,3-6H2,(H,19,20). The highest BCUT2D eigenvalue weighted by Crippen LogP contribution is 2.26. The van der Waals surface area contributed by atoms with Crippen LogP contribution in [0.25, 0.3) is 22.3 Å². The third kappa shape index (κ3) is 2.38. The molecule has 22 heavy (non-hydrogen) atoms. The molecule has 0 spiro atoms. The van der Waals surface area contributed by atoms with Crippen LogP contribution < -0.4 is 10.2 Å². The van der Waals surface area contributed by atoms with Gasteiger partial charge in [-0.05, 0) is 18.2 Å². The number of nitrogens with one attached hydrogen (secondary N) is 2. The van der Waals surface area contributed by atoms with Crippen molar-refractivity contribution in [3.8, 4) is 11.4 Å². The number of fused-ring (bicyclic) bond motifs is 1. The Kier molecular flexibility index (Phi) is 3.36. The predicted octanol–water partition coefficient (Wildman–Crippen LogP) is 1.48. The summed E-state index contributed by atoms with van der Waals surface area (Å²) < 4.78 is 0. The molecule has 1 aliphatic rings. The van der Waals surface area contributed by atoms with E-state index in [2.05, 4.69) is 35.6 Å². The molecule has 1 fully saturated rings. The van der Waals surface area contributed by atoms with E-state index >= 15 is 0 Å². The number of hydrogen-bond acceptors (Lipinski definition) is 6. The van der Waals surface area contributed by atoms with Crippen LogP contribution in [0, 0.1) is 0 Å². The molecule has 1 aliphatic heterocycles. The maximum absolute atomic E-state index is 6.10. The molecule has 1 saturated heterocycles. The lowest BCUT2D eigenvalue weighted by Crippen LogP contribution is -2.44. The minimum absolute atomic E-state index is 0.517. The molecular weight excluding hydrogens is 302 g/mol. The second-order valence-corrected chi connectivity index (χ2v) is 5.52. The van der Waals surface area contributed by atoms with Crippen molar-refractivity contribution in [1.82, 2.24) is 30.7 Å². The summed E-state index contributed by atoms with van der Waals surface area (Å²) in [5, 5.41) is 19.8. The third-order valence-electron chi connectivity index (χ3n) is 3.75. The number of H-pyrrole nitrogens is 1. The quantitative estimate of drug-likeness (QED) is 0.745. The zero-order valence-electron chi connectivity index (χ0n) is 11.8. The van der Waals surface area contributed by atoms with Crippen LogP contribution in [0.4, 0.5) is 5.82 Å². The molecule has 0 unspecified atom stereocenters. The summed E-state index contributed by atoms with van der Waals surface area (Å²) in [7, 11) is 0. The van der Waals surface area contributed by atoms with E-state index in [4.69, 9.17) is 11.6 Å². The number of anilines is 1. The van der Waals surface area contributed by atoms with E-state index in [1.807, 2.05) is 18.2 Å². The molecule has 112 valence electrons. The third-order valence-corrected chi connectivity index (χ3v) is 4.04. The zero-order chi connectivity index (χ0) is 14.9. The van der Waals surface area contributed by atoms with E-state index in [-0.39, 0.29) is 0 Å². The summed E-state index contributed by atoms with van der Waals surface area (Å²) in [5.41, 5.74) is 1.69. The van der Waals surface area contributed by atoms with Gasteiger partial charge < -0.3 is 10.2 Å². The van der Waals surface area contributed by atoms with Crippen molar-refractivity contribution in [3.05, 3.63) is 29.5 Å². The fourth-order valence-corrected chi connectivity index (χ4v) is 2.78. The van der Waals surface area contributed by atoms with Gasteiger partial charge in [-0.3, -0.25) is 5.10 Å². The molecule has 2 aromatic heterocycles. The Morgan fingerprint density at radius 3 is 2.91 bits per heavy atom. The van der Waals surface area contributed by atoms with Crippen LogP contribution in [0.2, 0.25) is 5.15 Å². The van der Waals surface area contributed by atoms with Crippen molar-refractivity contribution in [2.24, 2.45) is 0 Å². The minimum Gasteiger partial charge on any atom is -0.353 e. The molecule has 0 bridgehead atoms. The van der Waals surface area contributed by atoms with Gasteiger partial charge in [-0.1, -0.05) is 11.6 Å². The van der Waals surface area contributed by atoms with Crippen LogP contribution in [0.3, 0.4) is 0 Å². The molecule has 2 N–H and O–H groups in total. The maximum atomic E-state index is 6.10. The van der Waals surface area contributed by atoms with Crippen molar-refractivity contribution >= 4 is 28.3 Å². The highest BCUT2D eigenvalue weighted by molar-refractivity contribution is 6.34. The minimum atomic E-state index is 0.517. The maximum Gasteiger partial charge on any atom is 0.183 e. The van der Waals surface area contributed by atoms with Gasteiger partial charge >= 0.3 is 0 Å². The Hall–Kier alpha value is -2.25. The first kappa shape index (κ1) is 13.4. The van der Waals surface area contributed by atoms with Gasteiger partial charge in [0.25, 0.3) is 0 Å². The van der Waals surface area contributed by atoms with Crippen LogP contribution in [0.1, 0.15) is 0 Å². The van der Waals surface area contributed by atoms with E-state index in [0.29, 0.717) is 11.0 Å². The second-order valence-electron chi connectivity index (χ2n) is 5.14. The van der Waals surface area contributed by atoms with E-state index in [0.717, 1.165) is 48.5 Å². The van der Waals surface area contributed by atoms with Gasteiger partial charge in [0.2, 0.25) is 0 Å². The van der Waals surface area contributed by atoms with Crippen LogP contribution in [0.5, 0.6) is 0 Å². The summed E-state index contributed by atoms with van der Waals surface area (Å²) in [6.45, 7) is 3.75. The number of piperazine rings is 1. The Bertz CT molecular complexity index is 810. The van der Waals surface area contributed by atoms with Crippen molar-refractivity contribution in [2.45, 2.75) is 0 Å². The Morgan fingerprint density at radius 2 is 2.05 bits per heavy atom. The van der Waals surface area contributed by atoms with Crippen molar-refractivity contribution in [2.75, 3.05) is 31.1 Å². The lowest BCUT2D eigenvalue weighted by molar-refractivity contribution is 0.583. The molecule has 0 amide bonds. The lowest BCUT2D eigenvalue weighted by atomic mass is 10.1. The second kappa shape index (κ2) is 5.51. The van der Waals surface area contributed by atoms with Gasteiger partial charge in [-0.15, -0.1) is 5.10 Å². The van der Waals surface area contributed by atoms with Crippen LogP contribution in [-0.2, 0) is 0 Å². The van der Waals surface area contributed by atoms with E-state index in [1.165, 1.54) is 0 Å². The first-order valence-corrected chi connectivity index (χ1v) is 7.48. The zero-order valence-corrected chi connectivity index (χ0v) is 12.5. The van der Waals surface area contributed by atoms with Crippen LogP contribution >= 0.6 is 11.6 Å². The van der Waals surface area contributed by atoms with Gasteiger partial charge in [0.15, 0.2) is 11.6 Å². The fourth-order valence-electron chi connectivity index (χ4n) is 2.58. The monoisotopic (exact) mass is 315 g/mol. The molecule has 0 atom stereocenters. The molecule has 7 nitrogen and oxygen atoms in total. The topological polar surface area (TPSA) is 82.6 Å². The predicted molar refractivity (Wildman–Crippen MR) is 85.0 cm³/mol. The molecule has 8 heteroatoms. The normalized spacial score (nSPS) is 15.4. The summed E-state index contributed by atoms with van der Waals surface area (Å²) in [6.07, 6.45) is 1.71. The molecule has 0 saturated carbocycles. The van der Waals surface area contributed by atoms with Crippen molar-refractivity contribution < 1.29 is 0 Å². The number of aromatic amines is 1.